The van der Waals surface area contributed by atoms with Gasteiger partial charge >= 0.3 is 5.97 Å². The highest BCUT2D eigenvalue weighted by atomic mass is 16.5. The minimum absolute atomic E-state index is 0.0875. The van der Waals surface area contributed by atoms with Crippen molar-refractivity contribution in [3.05, 3.63) is 23.8 Å². The maximum atomic E-state index is 12.3. The van der Waals surface area contributed by atoms with E-state index in [1.54, 1.807) is 14.2 Å². The summed E-state index contributed by atoms with van der Waals surface area (Å²) in [5, 5.41) is 11.9. The van der Waals surface area contributed by atoms with Crippen LogP contribution in [0.1, 0.15) is 37.7 Å². The number of carbonyl (C=O) groups is 2. The van der Waals surface area contributed by atoms with Crippen molar-refractivity contribution in [1.29, 1.82) is 0 Å². The SMILES string of the molecule is CCCC(CNC(=O)C1CC1c1cc(OC)ccc1OC)C(=O)O. The number of rotatable bonds is 9. The van der Waals surface area contributed by atoms with Gasteiger partial charge in [-0.2, -0.15) is 0 Å². The van der Waals surface area contributed by atoms with Crippen LogP contribution in [0, 0.1) is 11.8 Å². The minimum Gasteiger partial charge on any atom is -0.497 e. The topological polar surface area (TPSA) is 84.9 Å². The highest BCUT2D eigenvalue weighted by Gasteiger charge is 2.45. The fourth-order valence-corrected chi connectivity index (χ4v) is 2.97. The quantitative estimate of drug-likeness (QED) is 0.724. The van der Waals surface area contributed by atoms with E-state index in [0.29, 0.717) is 6.42 Å². The number of ether oxygens (including phenoxy) is 2. The van der Waals surface area contributed by atoms with Crippen LogP contribution in [-0.2, 0) is 9.59 Å². The van der Waals surface area contributed by atoms with Crippen molar-refractivity contribution in [1.82, 2.24) is 5.32 Å². The average Bonchev–Trinajstić information content (AvgIpc) is 3.38. The predicted molar refractivity (Wildman–Crippen MR) is 89.4 cm³/mol. The molecule has 0 bridgehead atoms. The summed E-state index contributed by atoms with van der Waals surface area (Å²) in [4.78, 5) is 23.4. The molecule has 6 nitrogen and oxygen atoms in total. The van der Waals surface area contributed by atoms with E-state index < -0.39 is 11.9 Å². The first-order valence-corrected chi connectivity index (χ1v) is 8.24. The number of benzene rings is 1. The van der Waals surface area contributed by atoms with Crippen molar-refractivity contribution >= 4 is 11.9 Å². The van der Waals surface area contributed by atoms with Crippen molar-refractivity contribution in [2.45, 2.75) is 32.1 Å². The Morgan fingerprint density at radius 1 is 1.33 bits per heavy atom. The first-order valence-electron chi connectivity index (χ1n) is 8.24. The molecule has 2 rings (SSSR count). The van der Waals surface area contributed by atoms with Crippen LogP contribution in [0.15, 0.2) is 18.2 Å². The van der Waals surface area contributed by atoms with E-state index in [-0.39, 0.29) is 24.3 Å². The predicted octanol–water partition coefficient (Wildman–Crippen LogP) is 2.42. The van der Waals surface area contributed by atoms with Crippen LogP contribution >= 0.6 is 0 Å². The molecule has 6 heteroatoms. The lowest BCUT2D eigenvalue weighted by Gasteiger charge is -2.13. The number of aliphatic carboxylic acids is 1. The fourth-order valence-electron chi connectivity index (χ4n) is 2.97. The lowest BCUT2D eigenvalue weighted by molar-refractivity contribution is -0.142. The first-order chi connectivity index (χ1) is 11.5. The van der Waals surface area contributed by atoms with Gasteiger partial charge in [0.15, 0.2) is 0 Å². The largest absolute Gasteiger partial charge is 0.497 e. The molecule has 1 aliphatic rings. The number of hydrogen-bond acceptors (Lipinski definition) is 4. The zero-order valence-corrected chi connectivity index (χ0v) is 14.4. The van der Waals surface area contributed by atoms with Crippen molar-refractivity contribution in [2.75, 3.05) is 20.8 Å². The molecule has 0 aromatic heterocycles. The zero-order chi connectivity index (χ0) is 17.7. The van der Waals surface area contributed by atoms with Crippen LogP contribution in [0.4, 0.5) is 0 Å². The zero-order valence-electron chi connectivity index (χ0n) is 14.4. The third kappa shape index (κ3) is 4.19. The Morgan fingerprint density at radius 3 is 2.67 bits per heavy atom. The van der Waals surface area contributed by atoms with E-state index in [1.807, 2.05) is 25.1 Å². The van der Waals surface area contributed by atoms with Gasteiger partial charge in [-0.15, -0.1) is 0 Å². The summed E-state index contributed by atoms with van der Waals surface area (Å²) in [6, 6.07) is 5.55. The number of carboxylic acids is 1. The summed E-state index contributed by atoms with van der Waals surface area (Å²) in [7, 11) is 3.20. The Hall–Kier alpha value is -2.24. The van der Waals surface area contributed by atoms with Crippen molar-refractivity contribution in [2.24, 2.45) is 11.8 Å². The smallest absolute Gasteiger partial charge is 0.308 e. The van der Waals surface area contributed by atoms with E-state index in [2.05, 4.69) is 5.32 Å². The van der Waals surface area contributed by atoms with Gasteiger partial charge < -0.3 is 19.9 Å². The molecule has 0 aliphatic heterocycles. The second-order valence-corrected chi connectivity index (χ2v) is 6.13. The first kappa shape index (κ1) is 18.1. The van der Waals surface area contributed by atoms with Gasteiger partial charge in [-0.1, -0.05) is 13.3 Å². The summed E-state index contributed by atoms with van der Waals surface area (Å²) in [5.41, 5.74) is 0.959. The molecule has 0 radical (unpaired) electrons. The Balaban J connectivity index is 1.97. The minimum atomic E-state index is -0.862. The molecule has 1 aromatic carbocycles. The molecule has 24 heavy (non-hydrogen) atoms. The van der Waals surface area contributed by atoms with E-state index in [9.17, 15) is 9.59 Å². The van der Waals surface area contributed by atoms with Crippen LogP contribution in [0.2, 0.25) is 0 Å². The molecule has 1 aliphatic carbocycles. The molecule has 0 spiro atoms. The van der Waals surface area contributed by atoms with Crippen LogP contribution in [0.25, 0.3) is 0 Å². The van der Waals surface area contributed by atoms with Crippen molar-refractivity contribution in [3.63, 3.8) is 0 Å². The van der Waals surface area contributed by atoms with Crippen LogP contribution in [0.3, 0.4) is 0 Å². The third-order valence-electron chi connectivity index (χ3n) is 4.47. The number of hydrogen-bond donors (Lipinski definition) is 2. The maximum Gasteiger partial charge on any atom is 0.308 e. The second-order valence-electron chi connectivity index (χ2n) is 6.13. The number of amides is 1. The highest BCUT2D eigenvalue weighted by Crippen LogP contribution is 2.51. The van der Waals surface area contributed by atoms with Gasteiger partial charge in [0.05, 0.1) is 20.1 Å². The van der Waals surface area contributed by atoms with Gasteiger partial charge in [0.2, 0.25) is 5.91 Å². The Bertz CT molecular complexity index is 601. The molecule has 1 fully saturated rings. The highest BCUT2D eigenvalue weighted by molar-refractivity contribution is 5.83. The molecule has 0 heterocycles. The standard InChI is InChI=1S/C18H25NO5/c1-4-5-11(18(21)22)10-19-17(20)15-9-13(15)14-8-12(23-2)6-7-16(14)24-3/h6-8,11,13,15H,4-5,9-10H2,1-3H3,(H,19,20)(H,21,22). The number of carboxylic acid groups (broad SMARTS) is 1. The Kier molecular flexibility index (Phi) is 6.06. The van der Waals surface area contributed by atoms with E-state index in [0.717, 1.165) is 29.9 Å². The Morgan fingerprint density at radius 2 is 2.08 bits per heavy atom. The van der Waals surface area contributed by atoms with Gasteiger partial charge in [0.25, 0.3) is 0 Å². The Labute approximate surface area is 142 Å². The molecule has 1 amide bonds. The monoisotopic (exact) mass is 335 g/mol. The molecule has 1 saturated carbocycles. The number of carbonyl (C=O) groups excluding carboxylic acids is 1. The van der Waals surface area contributed by atoms with Gasteiger partial charge in [-0.25, -0.2) is 0 Å². The van der Waals surface area contributed by atoms with Gasteiger partial charge in [-0.3, -0.25) is 9.59 Å². The maximum absolute atomic E-state index is 12.3. The van der Waals surface area contributed by atoms with Gasteiger partial charge in [0.1, 0.15) is 11.5 Å². The van der Waals surface area contributed by atoms with E-state index >= 15 is 0 Å². The summed E-state index contributed by atoms with van der Waals surface area (Å²) in [6.07, 6.45) is 2.08. The summed E-state index contributed by atoms with van der Waals surface area (Å²) >= 11 is 0. The van der Waals surface area contributed by atoms with Crippen molar-refractivity contribution in [3.8, 4) is 11.5 Å². The third-order valence-corrected chi connectivity index (χ3v) is 4.47. The number of nitrogens with one attached hydrogen (secondary N) is 1. The molecule has 3 unspecified atom stereocenters. The van der Waals surface area contributed by atoms with E-state index in [4.69, 9.17) is 14.6 Å². The molecule has 1 aromatic rings. The molecule has 2 N–H and O–H groups in total. The molecule has 3 atom stereocenters. The van der Waals surface area contributed by atoms with Gasteiger partial charge in [-0.05, 0) is 31.0 Å². The summed E-state index contributed by atoms with van der Waals surface area (Å²) in [6.45, 7) is 2.12. The van der Waals surface area contributed by atoms with Gasteiger partial charge in [0, 0.05) is 23.9 Å². The average molecular weight is 335 g/mol. The normalized spacial score (nSPS) is 20.1. The fraction of sp³-hybridized carbons (Fsp3) is 0.556. The van der Waals surface area contributed by atoms with Crippen LogP contribution in [-0.4, -0.2) is 37.7 Å². The second kappa shape index (κ2) is 8.04. The van der Waals surface area contributed by atoms with Crippen LogP contribution < -0.4 is 14.8 Å². The van der Waals surface area contributed by atoms with Crippen LogP contribution in [0.5, 0.6) is 11.5 Å². The summed E-state index contributed by atoms with van der Waals surface area (Å²) in [5.74, 6) is -0.0588. The van der Waals surface area contributed by atoms with E-state index in [1.165, 1.54) is 0 Å². The molecular formula is C18H25NO5. The molecule has 132 valence electrons. The lowest BCUT2D eigenvalue weighted by Crippen LogP contribution is -2.34. The number of methoxy groups -OCH3 is 2. The van der Waals surface area contributed by atoms with Crippen molar-refractivity contribution < 1.29 is 24.2 Å². The molecular weight excluding hydrogens is 310 g/mol. The lowest BCUT2D eigenvalue weighted by atomic mass is 10.0. The summed E-state index contributed by atoms with van der Waals surface area (Å²) < 4.78 is 10.6. The molecule has 0 saturated heterocycles.